The topological polar surface area (TPSA) is 58.0 Å². The fourth-order valence-electron chi connectivity index (χ4n) is 5.33. The number of halogens is 3. The summed E-state index contributed by atoms with van der Waals surface area (Å²) in [6.45, 7) is -0.716. The van der Waals surface area contributed by atoms with Crippen LogP contribution in [0.5, 0.6) is 0 Å². The van der Waals surface area contributed by atoms with Crippen molar-refractivity contribution in [2.45, 2.75) is 56.8 Å². The molecule has 126 valence electrons. The van der Waals surface area contributed by atoms with Gasteiger partial charge in [0.25, 0.3) is 0 Å². The smallest absolute Gasteiger partial charge is 0.392 e. The van der Waals surface area contributed by atoms with Crippen molar-refractivity contribution in [1.29, 1.82) is 0 Å². The third kappa shape index (κ3) is 2.69. The van der Waals surface area contributed by atoms with Crippen LogP contribution in [-0.4, -0.2) is 20.6 Å². The Morgan fingerprint density at radius 3 is 2.17 bits per heavy atom. The maximum Gasteiger partial charge on any atom is 0.433 e. The third-order valence-electron chi connectivity index (χ3n) is 5.72. The highest BCUT2D eigenvalue weighted by atomic mass is 19.4. The van der Waals surface area contributed by atoms with Crippen LogP contribution in [0.3, 0.4) is 0 Å². The molecule has 4 aliphatic rings. The van der Waals surface area contributed by atoms with Gasteiger partial charge in [0.15, 0.2) is 5.69 Å². The van der Waals surface area contributed by atoms with Crippen LogP contribution in [0.2, 0.25) is 0 Å². The predicted octanol–water partition coefficient (Wildman–Crippen LogP) is 3.37. The van der Waals surface area contributed by atoms with Gasteiger partial charge >= 0.3 is 6.18 Å². The lowest BCUT2D eigenvalue weighted by atomic mass is 9.53. The van der Waals surface area contributed by atoms with Crippen molar-refractivity contribution in [1.82, 2.24) is 9.97 Å². The molecule has 2 N–H and O–H groups in total. The van der Waals surface area contributed by atoms with E-state index < -0.39 is 18.5 Å². The van der Waals surface area contributed by atoms with E-state index in [4.69, 9.17) is 5.11 Å². The van der Waals surface area contributed by atoms with Gasteiger partial charge in [0, 0.05) is 17.3 Å². The van der Waals surface area contributed by atoms with E-state index in [9.17, 15) is 13.2 Å². The first kappa shape index (κ1) is 15.2. The molecule has 4 aliphatic carbocycles. The van der Waals surface area contributed by atoms with Crippen molar-refractivity contribution in [2.24, 2.45) is 17.8 Å². The zero-order valence-corrected chi connectivity index (χ0v) is 12.7. The second-order valence-electron chi connectivity index (χ2n) is 7.55. The third-order valence-corrected chi connectivity index (χ3v) is 5.72. The predicted molar refractivity (Wildman–Crippen MR) is 77.5 cm³/mol. The lowest BCUT2D eigenvalue weighted by Crippen LogP contribution is -2.55. The fraction of sp³-hybridized carbons (Fsp3) is 0.750. The van der Waals surface area contributed by atoms with Crippen LogP contribution < -0.4 is 5.32 Å². The summed E-state index contributed by atoms with van der Waals surface area (Å²) >= 11 is 0. The van der Waals surface area contributed by atoms with E-state index in [0.29, 0.717) is 17.8 Å². The highest BCUT2D eigenvalue weighted by Crippen LogP contribution is 2.56. The number of aliphatic hydroxyl groups excluding tert-OH is 1. The van der Waals surface area contributed by atoms with E-state index in [2.05, 4.69) is 15.3 Å². The molecule has 4 fully saturated rings. The van der Waals surface area contributed by atoms with E-state index in [1.54, 1.807) is 0 Å². The van der Waals surface area contributed by atoms with Gasteiger partial charge in [-0.2, -0.15) is 13.2 Å². The van der Waals surface area contributed by atoms with Gasteiger partial charge in [-0.3, -0.25) is 0 Å². The maximum atomic E-state index is 13.1. The number of nitrogens with zero attached hydrogens (tertiary/aromatic N) is 2. The second kappa shape index (κ2) is 5.06. The highest BCUT2D eigenvalue weighted by Gasteiger charge is 2.51. The first-order valence-corrected chi connectivity index (χ1v) is 8.19. The van der Waals surface area contributed by atoms with Crippen molar-refractivity contribution in [3.8, 4) is 0 Å². The molecule has 4 saturated carbocycles. The Morgan fingerprint density at radius 1 is 1.13 bits per heavy atom. The largest absolute Gasteiger partial charge is 0.433 e. The minimum atomic E-state index is -4.58. The molecule has 1 aromatic heterocycles. The molecule has 7 heteroatoms. The zero-order chi connectivity index (χ0) is 16.2. The van der Waals surface area contributed by atoms with Crippen molar-refractivity contribution in [3.05, 3.63) is 17.5 Å². The van der Waals surface area contributed by atoms with E-state index in [0.717, 1.165) is 25.5 Å². The Morgan fingerprint density at radius 2 is 1.70 bits per heavy atom. The molecule has 0 spiro atoms. The summed E-state index contributed by atoms with van der Waals surface area (Å²) in [6, 6.07) is 0. The van der Waals surface area contributed by atoms with Crippen molar-refractivity contribution < 1.29 is 18.3 Å². The minimum absolute atomic E-state index is 0.0384. The van der Waals surface area contributed by atoms with Crippen LogP contribution >= 0.6 is 0 Å². The Kier molecular flexibility index (Phi) is 3.34. The molecule has 23 heavy (non-hydrogen) atoms. The van der Waals surface area contributed by atoms with Crippen LogP contribution in [0.1, 0.15) is 49.8 Å². The summed E-state index contributed by atoms with van der Waals surface area (Å²) in [6.07, 6.45) is 3.30. The molecule has 0 aliphatic heterocycles. The molecule has 0 unspecified atom stereocenters. The lowest BCUT2D eigenvalue weighted by Gasteiger charge is -2.56. The van der Waals surface area contributed by atoms with Crippen molar-refractivity contribution in [2.75, 3.05) is 5.32 Å². The summed E-state index contributed by atoms with van der Waals surface area (Å²) in [5.74, 6) is 2.10. The van der Waals surface area contributed by atoms with Gasteiger partial charge in [-0.05, 0) is 56.3 Å². The van der Waals surface area contributed by atoms with Gasteiger partial charge in [-0.15, -0.1) is 0 Å². The van der Waals surface area contributed by atoms with Crippen LogP contribution in [0, 0.1) is 17.8 Å². The average Bonchev–Trinajstić information content (AvgIpc) is 2.44. The van der Waals surface area contributed by atoms with Crippen LogP contribution in [-0.2, 0) is 12.8 Å². The molecule has 1 heterocycles. The molecule has 0 radical (unpaired) electrons. The monoisotopic (exact) mass is 327 g/mol. The number of nitrogens with one attached hydrogen (secondary N) is 1. The molecular formula is C16H20F3N3O. The minimum Gasteiger partial charge on any atom is -0.392 e. The molecular weight excluding hydrogens is 307 g/mol. The lowest BCUT2D eigenvalue weighted by molar-refractivity contribution is -0.142. The standard InChI is InChI=1S/C16H20F3N3O/c17-16(18,19)13-12(8-23)7-20-14(21-13)22-15-4-9-1-10(5-15)3-11(2-9)6-15/h7,9-11,23H,1-6,8H2,(H,20,21,22). The Balaban J connectivity index is 1.62. The van der Waals surface area contributed by atoms with Gasteiger partial charge in [0.1, 0.15) is 0 Å². The van der Waals surface area contributed by atoms with Crippen LogP contribution in [0.25, 0.3) is 0 Å². The van der Waals surface area contributed by atoms with Gasteiger partial charge in [0.05, 0.1) is 6.61 Å². The second-order valence-corrected chi connectivity index (χ2v) is 7.55. The van der Waals surface area contributed by atoms with Gasteiger partial charge < -0.3 is 10.4 Å². The Bertz CT molecular complexity index is 582. The number of aromatic nitrogens is 2. The van der Waals surface area contributed by atoms with Crippen molar-refractivity contribution in [3.63, 3.8) is 0 Å². The Hall–Kier alpha value is -1.37. The molecule has 5 rings (SSSR count). The Labute approximate surface area is 132 Å². The number of aliphatic hydroxyl groups is 1. The summed E-state index contributed by atoms with van der Waals surface area (Å²) < 4.78 is 39.3. The number of rotatable bonds is 3. The molecule has 0 amide bonds. The SMILES string of the molecule is OCc1cnc(NC23CC4CC(CC(C4)C2)C3)nc1C(F)(F)F. The number of hydrogen-bond acceptors (Lipinski definition) is 4. The van der Waals surface area contributed by atoms with E-state index in [1.165, 1.54) is 19.3 Å². The summed E-state index contributed by atoms with van der Waals surface area (Å²) in [5.41, 5.74) is -1.46. The average molecular weight is 327 g/mol. The first-order chi connectivity index (χ1) is 10.9. The summed E-state index contributed by atoms with van der Waals surface area (Å²) in [5, 5.41) is 12.3. The molecule has 0 aromatic carbocycles. The number of hydrogen-bond donors (Lipinski definition) is 2. The quantitative estimate of drug-likeness (QED) is 0.894. The first-order valence-electron chi connectivity index (χ1n) is 8.19. The number of anilines is 1. The fourth-order valence-corrected chi connectivity index (χ4v) is 5.33. The van der Waals surface area contributed by atoms with Gasteiger partial charge in [-0.1, -0.05) is 0 Å². The molecule has 4 nitrogen and oxygen atoms in total. The van der Waals surface area contributed by atoms with Crippen LogP contribution in [0.4, 0.5) is 19.1 Å². The molecule has 0 saturated heterocycles. The molecule has 0 atom stereocenters. The van der Waals surface area contributed by atoms with Gasteiger partial charge in [-0.25, -0.2) is 9.97 Å². The van der Waals surface area contributed by atoms with Crippen molar-refractivity contribution >= 4 is 5.95 Å². The van der Waals surface area contributed by atoms with E-state index in [-0.39, 0.29) is 17.1 Å². The normalized spacial score (nSPS) is 35.6. The van der Waals surface area contributed by atoms with E-state index >= 15 is 0 Å². The summed E-state index contributed by atoms with van der Waals surface area (Å²) in [4.78, 5) is 7.70. The highest BCUT2D eigenvalue weighted by molar-refractivity contribution is 5.35. The number of alkyl halides is 3. The maximum absolute atomic E-state index is 13.1. The molecule has 1 aromatic rings. The van der Waals surface area contributed by atoms with Gasteiger partial charge in [0.2, 0.25) is 5.95 Å². The van der Waals surface area contributed by atoms with Crippen LogP contribution in [0.15, 0.2) is 6.20 Å². The summed E-state index contributed by atoms with van der Waals surface area (Å²) in [7, 11) is 0. The van der Waals surface area contributed by atoms with E-state index in [1.807, 2.05) is 0 Å². The zero-order valence-electron chi connectivity index (χ0n) is 12.7. The molecule has 4 bridgehead atoms.